The van der Waals surface area contributed by atoms with Gasteiger partial charge in [-0.3, -0.25) is 4.72 Å². The molecule has 0 saturated carbocycles. The molecule has 0 aliphatic heterocycles. The number of nitrogens with one attached hydrogen (secondary N) is 1. The van der Waals surface area contributed by atoms with Gasteiger partial charge in [-0.25, -0.2) is 8.42 Å². The molecule has 6 heteroatoms. The van der Waals surface area contributed by atoms with Crippen LogP contribution in [0.15, 0.2) is 18.2 Å². The van der Waals surface area contributed by atoms with E-state index in [0.29, 0.717) is 5.75 Å². The maximum Gasteiger partial charge on any atom is 0.232 e. The number of benzene rings is 1. The molecule has 0 spiro atoms. The van der Waals surface area contributed by atoms with Crippen LogP contribution in [-0.4, -0.2) is 21.3 Å². The molecule has 1 rings (SSSR count). The first-order chi connectivity index (χ1) is 7.54. The van der Waals surface area contributed by atoms with Crippen LogP contribution in [0.1, 0.15) is 12.5 Å². The largest absolute Gasteiger partial charge is 0.495 e. The normalized spacial score (nSPS) is 10.6. The van der Waals surface area contributed by atoms with Gasteiger partial charge in [0.1, 0.15) is 17.5 Å². The van der Waals surface area contributed by atoms with Crippen molar-refractivity contribution in [3.05, 3.63) is 23.8 Å². The molecule has 0 fully saturated rings. The van der Waals surface area contributed by atoms with Gasteiger partial charge < -0.3 is 4.74 Å². The maximum atomic E-state index is 11.4. The SMILES string of the molecule is CCS(=O)(=O)Nc1c(C#N)cccc1OC. The van der Waals surface area contributed by atoms with Crippen molar-refractivity contribution in [1.82, 2.24) is 0 Å². The lowest BCUT2D eigenvalue weighted by Gasteiger charge is -2.11. The van der Waals surface area contributed by atoms with Crippen molar-refractivity contribution in [1.29, 1.82) is 5.26 Å². The summed E-state index contributed by atoms with van der Waals surface area (Å²) < 4.78 is 30.2. The molecular weight excluding hydrogens is 228 g/mol. The van der Waals surface area contributed by atoms with Gasteiger partial charge in [-0.2, -0.15) is 5.26 Å². The van der Waals surface area contributed by atoms with Crippen LogP contribution in [0, 0.1) is 11.3 Å². The second kappa shape index (κ2) is 4.86. The average Bonchev–Trinajstić information content (AvgIpc) is 2.29. The number of ether oxygens (including phenoxy) is 1. The maximum absolute atomic E-state index is 11.4. The number of sulfonamides is 1. The van der Waals surface area contributed by atoms with E-state index < -0.39 is 10.0 Å². The number of hydrogen-bond acceptors (Lipinski definition) is 4. The van der Waals surface area contributed by atoms with Crippen molar-refractivity contribution in [2.24, 2.45) is 0 Å². The third-order valence-electron chi connectivity index (χ3n) is 2.00. The molecule has 0 aliphatic rings. The summed E-state index contributed by atoms with van der Waals surface area (Å²) in [6.45, 7) is 1.52. The van der Waals surface area contributed by atoms with E-state index in [-0.39, 0.29) is 17.0 Å². The summed E-state index contributed by atoms with van der Waals surface area (Å²) in [6, 6.07) is 6.65. The summed E-state index contributed by atoms with van der Waals surface area (Å²) in [4.78, 5) is 0. The molecule has 0 saturated heterocycles. The molecule has 5 nitrogen and oxygen atoms in total. The number of nitriles is 1. The van der Waals surface area contributed by atoms with Crippen LogP contribution in [0.3, 0.4) is 0 Å². The molecule has 16 heavy (non-hydrogen) atoms. The van der Waals surface area contributed by atoms with Crippen molar-refractivity contribution in [2.75, 3.05) is 17.6 Å². The van der Waals surface area contributed by atoms with Crippen molar-refractivity contribution >= 4 is 15.7 Å². The Labute approximate surface area is 94.7 Å². The van der Waals surface area contributed by atoms with Crippen LogP contribution < -0.4 is 9.46 Å². The van der Waals surface area contributed by atoms with E-state index >= 15 is 0 Å². The van der Waals surface area contributed by atoms with E-state index in [9.17, 15) is 8.42 Å². The fourth-order valence-electron chi connectivity index (χ4n) is 1.13. The molecule has 0 radical (unpaired) electrons. The Morgan fingerprint density at radius 2 is 2.19 bits per heavy atom. The van der Waals surface area contributed by atoms with Gasteiger partial charge in [-0.05, 0) is 19.1 Å². The molecule has 0 aliphatic carbocycles. The molecule has 0 amide bonds. The lowest BCUT2D eigenvalue weighted by Crippen LogP contribution is -2.16. The number of para-hydroxylation sites is 1. The fraction of sp³-hybridized carbons (Fsp3) is 0.300. The van der Waals surface area contributed by atoms with Crippen molar-refractivity contribution < 1.29 is 13.2 Å². The summed E-state index contributed by atoms with van der Waals surface area (Å²) in [6.07, 6.45) is 0. The lowest BCUT2D eigenvalue weighted by molar-refractivity contribution is 0.417. The topological polar surface area (TPSA) is 79.2 Å². The number of methoxy groups -OCH3 is 1. The van der Waals surface area contributed by atoms with E-state index in [4.69, 9.17) is 10.00 Å². The van der Waals surface area contributed by atoms with E-state index in [1.807, 2.05) is 6.07 Å². The zero-order valence-electron chi connectivity index (χ0n) is 9.02. The second-order valence-electron chi connectivity index (χ2n) is 3.00. The Hall–Kier alpha value is -1.74. The third-order valence-corrected chi connectivity index (χ3v) is 3.28. The second-order valence-corrected chi connectivity index (χ2v) is 5.01. The molecule has 0 aromatic heterocycles. The van der Waals surface area contributed by atoms with E-state index in [0.717, 1.165) is 0 Å². The highest BCUT2D eigenvalue weighted by atomic mass is 32.2. The van der Waals surface area contributed by atoms with Crippen LogP contribution in [-0.2, 0) is 10.0 Å². The molecule has 1 aromatic rings. The molecule has 0 atom stereocenters. The Bertz CT molecular complexity index is 517. The standard InChI is InChI=1S/C10H12N2O3S/c1-3-16(13,14)12-10-8(7-11)5-4-6-9(10)15-2/h4-6,12H,3H2,1-2H3. The molecule has 0 heterocycles. The van der Waals surface area contributed by atoms with E-state index in [1.54, 1.807) is 12.1 Å². The van der Waals surface area contributed by atoms with Crippen molar-refractivity contribution in [3.63, 3.8) is 0 Å². The van der Waals surface area contributed by atoms with Gasteiger partial charge in [0.15, 0.2) is 0 Å². The number of anilines is 1. The van der Waals surface area contributed by atoms with Crippen LogP contribution in [0.2, 0.25) is 0 Å². The quantitative estimate of drug-likeness (QED) is 0.861. The van der Waals surface area contributed by atoms with Gasteiger partial charge in [0.05, 0.1) is 18.4 Å². The number of nitrogens with zero attached hydrogens (tertiary/aromatic N) is 1. The van der Waals surface area contributed by atoms with Crippen LogP contribution in [0.25, 0.3) is 0 Å². The first kappa shape index (κ1) is 12.3. The van der Waals surface area contributed by atoms with Crippen LogP contribution in [0.5, 0.6) is 5.75 Å². The Kier molecular flexibility index (Phi) is 3.74. The zero-order chi connectivity index (χ0) is 12.2. The van der Waals surface area contributed by atoms with Gasteiger partial charge in [-0.15, -0.1) is 0 Å². The van der Waals surface area contributed by atoms with Crippen LogP contribution in [0.4, 0.5) is 5.69 Å². The summed E-state index contributed by atoms with van der Waals surface area (Å²) >= 11 is 0. The molecule has 1 N–H and O–H groups in total. The van der Waals surface area contributed by atoms with Gasteiger partial charge in [0, 0.05) is 0 Å². The Morgan fingerprint density at radius 1 is 1.50 bits per heavy atom. The first-order valence-corrected chi connectivity index (χ1v) is 6.27. The van der Waals surface area contributed by atoms with Crippen molar-refractivity contribution in [2.45, 2.75) is 6.92 Å². The average molecular weight is 240 g/mol. The monoisotopic (exact) mass is 240 g/mol. The van der Waals surface area contributed by atoms with Crippen molar-refractivity contribution in [3.8, 4) is 11.8 Å². The highest BCUT2D eigenvalue weighted by Crippen LogP contribution is 2.28. The minimum atomic E-state index is -3.42. The minimum absolute atomic E-state index is 0.0596. The predicted molar refractivity (Wildman–Crippen MR) is 60.8 cm³/mol. The smallest absolute Gasteiger partial charge is 0.232 e. The lowest BCUT2D eigenvalue weighted by atomic mass is 10.2. The van der Waals surface area contributed by atoms with Gasteiger partial charge in [-0.1, -0.05) is 6.07 Å². The van der Waals surface area contributed by atoms with E-state index in [1.165, 1.54) is 20.1 Å². The van der Waals surface area contributed by atoms with Gasteiger partial charge >= 0.3 is 0 Å². The van der Waals surface area contributed by atoms with E-state index in [2.05, 4.69) is 4.72 Å². The highest BCUT2D eigenvalue weighted by molar-refractivity contribution is 7.92. The third kappa shape index (κ3) is 2.64. The Balaban J connectivity index is 3.26. The molecule has 0 bridgehead atoms. The fourth-order valence-corrected chi connectivity index (χ4v) is 1.79. The molecule has 86 valence electrons. The summed E-state index contributed by atoms with van der Waals surface area (Å²) in [5, 5.41) is 8.87. The van der Waals surface area contributed by atoms with Crippen LogP contribution >= 0.6 is 0 Å². The summed E-state index contributed by atoms with van der Waals surface area (Å²) in [5.41, 5.74) is 0.422. The highest BCUT2D eigenvalue weighted by Gasteiger charge is 2.14. The minimum Gasteiger partial charge on any atom is -0.495 e. The predicted octanol–water partition coefficient (Wildman–Crippen LogP) is 1.33. The number of hydrogen-bond donors (Lipinski definition) is 1. The number of rotatable bonds is 4. The van der Waals surface area contributed by atoms with Gasteiger partial charge in [0.2, 0.25) is 10.0 Å². The molecular formula is C10H12N2O3S. The Morgan fingerprint density at radius 3 is 2.69 bits per heavy atom. The zero-order valence-corrected chi connectivity index (χ0v) is 9.84. The first-order valence-electron chi connectivity index (χ1n) is 4.61. The summed E-state index contributed by atoms with van der Waals surface area (Å²) in [7, 11) is -2.00. The van der Waals surface area contributed by atoms with Gasteiger partial charge in [0.25, 0.3) is 0 Å². The molecule has 1 aromatic carbocycles. The summed E-state index contributed by atoms with van der Waals surface area (Å²) in [5.74, 6) is 0.270. The molecule has 0 unspecified atom stereocenters.